The molecule has 0 amide bonds. The van der Waals surface area contributed by atoms with E-state index in [1.54, 1.807) is 0 Å². The van der Waals surface area contributed by atoms with E-state index in [4.69, 9.17) is 34.8 Å². The van der Waals surface area contributed by atoms with E-state index in [1.165, 1.54) is 0 Å². The summed E-state index contributed by atoms with van der Waals surface area (Å²) in [6.07, 6.45) is -0.896. The largest absolute Gasteiger partial charge is 0.388 e. The van der Waals surface area contributed by atoms with E-state index in [0.717, 1.165) is 0 Å². The highest BCUT2D eigenvalue weighted by Crippen LogP contribution is 2.35. The van der Waals surface area contributed by atoms with Crippen LogP contribution in [0.2, 0.25) is 0 Å². The lowest BCUT2D eigenvalue weighted by atomic mass is 9.93. The van der Waals surface area contributed by atoms with Crippen molar-refractivity contribution in [2.45, 2.75) is 30.7 Å². The Morgan fingerprint density at radius 2 is 1.45 bits per heavy atom. The first-order valence-electron chi connectivity index (χ1n) is 3.51. The van der Waals surface area contributed by atoms with E-state index in [-0.39, 0.29) is 5.92 Å². The fraction of sp³-hybridized carbons (Fsp3) is 1.00. The molecule has 0 heterocycles. The van der Waals surface area contributed by atoms with Crippen molar-refractivity contribution in [2.75, 3.05) is 0 Å². The van der Waals surface area contributed by atoms with Gasteiger partial charge in [0, 0.05) is 0 Å². The van der Waals surface area contributed by atoms with Crippen molar-refractivity contribution >= 4 is 34.8 Å². The lowest BCUT2D eigenvalue weighted by Gasteiger charge is -2.27. The molecule has 0 rings (SSSR count). The average Bonchev–Trinajstić information content (AvgIpc) is 1.82. The second kappa shape index (κ2) is 4.18. The summed E-state index contributed by atoms with van der Waals surface area (Å²) in [6.45, 7) is 5.81. The molecule has 0 aromatic heterocycles. The van der Waals surface area contributed by atoms with Crippen LogP contribution >= 0.6 is 34.8 Å². The molecule has 0 spiro atoms. The Morgan fingerprint density at radius 3 is 1.55 bits per heavy atom. The molecule has 0 bridgehead atoms. The molecule has 0 fully saturated rings. The molecule has 0 aromatic carbocycles. The molecular formula is C7H13Cl3O. The van der Waals surface area contributed by atoms with Crippen LogP contribution in [0.25, 0.3) is 0 Å². The highest BCUT2D eigenvalue weighted by molar-refractivity contribution is 6.68. The third-order valence-corrected chi connectivity index (χ3v) is 2.56. The quantitative estimate of drug-likeness (QED) is 0.708. The lowest BCUT2D eigenvalue weighted by molar-refractivity contribution is 0.0952. The number of aliphatic hydroxyl groups excluding tert-OH is 1. The molecule has 0 aliphatic rings. The lowest BCUT2D eigenvalue weighted by Crippen LogP contribution is -2.34. The van der Waals surface area contributed by atoms with E-state index < -0.39 is 9.90 Å². The molecule has 4 heteroatoms. The van der Waals surface area contributed by atoms with Crippen molar-refractivity contribution < 1.29 is 5.11 Å². The molecular weight excluding hydrogens is 206 g/mol. The van der Waals surface area contributed by atoms with Gasteiger partial charge in [-0.1, -0.05) is 55.6 Å². The highest BCUT2D eigenvalue weighted by atomic mass is 35.6. The van der Waals surface area contributed by atoms with Crippen LogP contribution in [0, 0.1) is 11.8 Å². The zero-order chi connectivity index (χ0) is 9.23. The Hall–Kier alpha value is 0.830. The van der Waals surface area contributed by atoms with Gasteiger partial charge in [0.1, 0.15) is 6.10 Å². The van der Waals surface area contributed by atoms with Crippen molar-refractivity contribution in [3.05, 3.63) is 0 Å². The van der Waals surface area contributed by atoms with Crippen molar-refractivity contribution in [1.29, 1.82) is 0 Å². The van der Waals surface area contributed by atoms with Crippen LogP contribution in [0.1, 0.15) is 20.8 Å². The molecule has 0 radical (unpaired) electrons. The molecule has 68 valence electrons. The SMILES string of the molecule is CC(C)C(C)C(O)C(Cl)(Cl)Cl. The van der Waals surface area contributed by atoms with Crippen LogP contribution in [-0.2, 0) is 0 Å². The summed E-state index contributed by atoms with van der Waals surface area (Å²) in [5.74, 6) is 0.295. The zero-order valence-corrected chi connectivity index (χ0v) is 9.08. The standard InChI is InChI=1S/C7H13Cl3O/c1-4(2)5(3)6(11)7(8,9)10/h4-6,11H,1-3H3. The molecule has 2 atom stereocenters. The molecule has 11 heavy (non-hydrogen) atoms. The van der Waals surface area contributed by atoms with Crippen LogP contribution in [0.15, 0.2) is 0 Å². The number of hydrogen-bond acceptors (Lipinski definition) is 1. The smallest absolute Gasteiger partial charge is 0.216 e. The van der Waals surface area contributed by atoms with E-state index in [1.807, 2.05) is 20.8 Å². The summed E-state index contributed by atoms with van der Waals surface area (Å²) in [5, 5.41) is 9.43. The van der Waals surface area contributed by atoms with Crippen molar-refractivity contribution in [2.24, 2.45) is 11.8 Å². The van der Waals surface area contributed by atoms with Gasteiger partial charge in [0.15, 0.2) is 0 Å². The third kappa shape index (κ3) is 3.84. The van der Waals surface area contributed by atoms with Gasteiger partial charge in [0.05, 0.1) is 0 Å². The van der Waals surface area contributed by atoms with Gasteiger partial charge in [-0.25, -0.2) is 0 Å². The van der Waals surface area contributed by atoms with Gasteiger partial charge in [-0.3, -0.25) is 0 Å². The van der Waals surface area contributed by atoms with Crippen molar-refractivity contribution in [3.63, 3.8) is 0 Å². The molecule has 1 nitrogen and oxygen atoms in total. The monoisotopic (exact) mass is 218 g/mol. The Kier molecular flexibility index (Phi) is 4.49. The van der Waals surface area contributed by atoms with Gasteiger partial charge in [-0.15, -0.1) is 0 Å². The fourth-order valence-electron chi connectivity index (χ4n) is 0.663. The first kappa shape index (κ1) is 11.8. The maximum absolute atomic E-state index is 9.43. The second-order valence-electron chi connectivity index (χ2n) is 3.09. The summed E-state index contributed by atoms with van der Waals surface area (Å²) in [5.41, 5.74) is 0. The van der Waals surface area contributed by atoms with Gasteiger partial charge in [-0.05, 0) is 11.8 Å². The molecule has 1 N–H and O–H groups in total. The maximum atomic E-state index is 9.43. The van der Waals surface area contributed by atoms with Gasteiger partial charge in [0.25, 0.3) is 0 Å². The van der Waals surface area contributed by atoms with Crippen LogP contribution in [0.5, 0.6) is 0 Å². The van der Waals surface area contributed by atoms with Gasteiger partial charge >= 0.3 is 0 Å². The number of rotatable bonds is 2. The summed E-state index contributed by atoms with van der Waals surface area (Å²) in [7, 11) is 0. The van der Waals surface area contributed by atoms with Gasteiger partial charge in [-0.2, -0.15) is 0 Å². The van der Waals surface area contributed by atoms with Gasteiger partial charge in [0.2, 0.25) is 3.79 Å². The number of hydrogen-bond donors (Lipinski definition) is 1. The van der Waals surface area contributed by atoms with E-state index in [9.17, 15) is 5.11 Å². The van der Waals surface area contributed by atoms with Gasteiger partial charge < -0.3 is 5.11 Å². The number of halogens is 3. The van der Waals surface area contributed by atoms with E-state index in [0.29, 0.717) is 5.92 Å². The Bertz CT molecular complexity index is 119. The van der Waals surface area contributed by atoms with Crippen molar-refractivity contribution in [1.82, 2.24) is 0 Å². The molecule has 2 unspecified atom stereocenters. The summed E-state index contributed by atoms with van der Waals surface area (Å²) >= 11 is 16.5. The molecule has 0 aromatic rings. The Labute approximate surface area is 82.6 Å². The Morgan fingerprint density at radius 1 is 1.09 bits per heavy atom. The van der Waals surface area contributed by atoms with E-state index in [2.05, 4.69) is 0 Å². The minimum atomic E-state index is -1.57. The first-order chi connectivity index (χ1) is 4.76. The molecule has 0 aliphatic carbocycles. The number of aliphatic hydroxyl groups is 1. The predicted octanol–water partition coefficient (Wildman–Crippen LogP) is 3.01. The van der Waals surface area contributed by atoms with Crippen LogP contribution in [-0.4, -0.2) is 15.0 Å². The second-order valence-corrected chi connectivity index (χ2v) is 5.46. The molecule has 0 saturated carbocycles. The summed E-state index contributed by atoms with van der Waals surface area (Å²) in [4.78, 5) is 0. The van der Waals surface area contributed by atoms with E-state index >= 15 is 0 Å². The normalized spacial score (nSPS) is 18.5. The minimum absolute atomic E-state index is 0.0116. The number of alkyl halides is 3. The fourth-order valence-corrected chi connectivity index (χ4v) is 1.26. The third-order valence-electron chi connectivity index (χ3n) is 1.88. The molecule has 0 aliphatic heterocycles. The van der Waals surface area contributed by atoms with Crippen LogP contribution in [0.3, 0.4) is 0 Å². The van der Waals surface area contributed by atoms with Crippen molar-refractivity contribution in [3.8, 4) is 0 Å². The average molecular weight is 220 g/mol. The highest BCUT2D eigenvalue weighted by Gasteiger charge is 2.35. The van der Waals surface area contributed by atoms with Crippen LogP contribution < -0.4 is 0 Å². The summed E-state index contributed by atoms with van der Waals surface area (Å²) in [6, 6.07) is 0. The minimum Gasteiger partial charge on any atom is -0.388 e. The molecule has 0 saturated heterocycles. The predicted molar refractivity (Wildman–Crippen MR) is 50.3 cm³/mol. The summed E-state index contributed by atoms with van der Waals surface area (Å²) < 4.78 is -1.57. The van der Waals surface area contributed by atoms with Crippen LogP contribution in [0.4, 0.5) is 0 Å². The first-order valence-corrected chi connectivity index (χ1v) is 4.65. The zero-order valence-electron chi connectivity index (χ0n) is 6.81. The maximum Gasteiger partial charge on any atom is 0.216 e. The Balaban J connectivity index is 4.13. The topological polar surface area (TPSA) is 20.2 Å².